The van der Waals surface area contributed by atoms with Crippen molar-refractivity contribution in [3.05, 3.63) is 40.8 Å². The Bertz CT molecular complexity index is 1490. The lowest BCUT2D eigenvalue weighted by molar-refractivity contribution is -0.126. The van der Waals surface area contributed by atoms with Gasteiger partial charge in [-0.2, -0.15) is 18.2 Å². The van der Waals surface area contributed by atoms with Gasteiger partial charge in [0.05, 0.1) is 17.6 Å². The maximum atomic E-state index is 13.1. The molecule has 3 aliphatic rings. The molecule has 1 atom stereocenters. The summed E-state index contributed by atoms with van der Waals surface area (Å²) in [5.41, 5.74) is 1.82. The van der Waals surface area contributed by atoms with Crippen LogP contribution in [-0.2, 0) is 23.0 Å². The van der Waals surface area contributed by atoms with Crippen LogP contribution in [0.3, 0.4) is 0 Å². The summed E-state index contributed by atoms with van der Waals surface area (Å²) >= 11 is 1.08. The van der Waals surface area contributed by atoms with E-state index >= 15 is 0 Å². The van der Waals surface area contributed by atoms with E-state index in [1.165, 1.54) is 0 Å². The molecule has 3 aromatic rings. The molecular formula is C27H33F3N6O2S2. The van der Waals surface area contributed by atoms with Crippen molar-refractivity contribution in [1.82, 2.24) is 14.9 Å². The number of thiophene rings is 1. The second-order valence-electron chi connectivity index (χ2n) is 11.5. The molecule has 216 valence electrons. The third-order valence-electron chi connectivity index (χ3n) is 8.06. The minimum atomic E-state index is -4.27. The fourth-order valence-electron chi connectivity index (χ4n) is 5.96. The number of fused-ring (bicyclic) bond motifs is 1. The predicted molar refractivity (Wildman–Crippen MR) is 152 cm³/mol. The van der Waals surface area contributed by atoms with Gasteiger partial charge in [0, 0.05) is 49.2 Å². The van der Waals surface area contributed by atoms with E-state index in [9.17, 15) is 21.6 Å². The third-order valence-corrected chi connectivity index (χ3v) is 10.5. The average molecular weight is 595 g/mol. The maximum absolute atomic E-state index is 13.1. The van der Waals surface area contributed by atoms with Crippen LogP contribution in [0.15, 0.2) is 30.3 Å². The first-order valence-corrected chi connectivity index (χ1v) is 16.1. The van der Waals surface area contributed by atoms with Crippen LogP contribution in [0.1, 0.15) is 36.1 Å². The van der Waals surface area contributed by atoms with Crippen molar-refractivity contribution in [2.24, 2.45) is 11.3 Å². The number of benzene rings is 1. The van der Waals surface area contributed by atoms with E-state index in [1.54, 1.807) is 13.1 Å². The van der Waals surface area contributed by atoms with Gasteiger partial charge in [0.15, 0.2) is 0 Å². The Balaban J connectivity index is 1.11. The molecule has 1 spiro atoms. The Morgan fingerprint density at radius 3 is 2.55 bits per heavy atom. The van der Waals surface area contributed by atoms with Gasteiger partial charge in [0.25, 0.3) is 0 Å². The molecule has 2 saturated heterocycles. The van der Waals surface area contributed by atoms with Gasteiger partial charge in [0.1, 0.15) is 10.6 Å². The van der Waals surface area contributed by atoms with E-state index in [2.05, 4.69) is 29.8 Å². The van der Waals surface area contributed by atoms with Gasteiger partial charge in [0.2, 0.25) is 16.0 Å². The highest BCUT2D eigenvalue weighted by atomic mass is 32.2. The van der Waals surface area contributed by atoms with Crippen molar-refractivity contribution in [1.29, 1.82) is 0 Å². The van der Waals surface area contributed by atoms with E-state index in [4.69, 9.17) is 0 Å². The maximum Gasteiger partial charge on any atom is 0.393 e. The number of sulfonamides is 1. The molecule has 1 unspecified atom stereocenters. The Hall–Kier alpha value is -2.64. The molecule has 6 rings (SSSR count). The SMILES string of the molecule is CNc1nc(N2CCC3(CCN(Cc4ccc(NS(=O)(=O)CC5CC5)cc4)C3)C2)c2cc(CC(F)(F)F)sc2n1. The molecule has 2 aromatic heterocycles. The van der Waals surface area contributed by atoms with Crippen LogP contribution in [0.4, 0.5) is 30.6 Å². The summed E-state index contributed by atoms with van der Waals surface area (Å²) in [4.78, 5) is 14.5. The Morgan fingerprint density at radius 1 is 1.10 bits per heavy atom. The largest absolute Gasteiger partial charge is 0.393 e. The summed E-state index contributed by atoms with van der Waals surface area (Å²) in [6.07, 6.45) is -1.22. The van der Waals surface area contributed by atoms with Crippen LogP contribution in [0.2, 0.25) is 0 Å². The molecular weight excluding hydrogens is 561 g/mol. The van der Waals surface area contributed by atoms with Crippen LogP contribution < -0.4 is 14.9 Å². The number of hydrogen-bond donors (Lipinski definition) is 2. The van der Waals surface area contributed by atoms with Crippen molar-refractivity contribution in [3.8, 4) is 0 Å². The number of halogens is 3. The van der Waals surface area contributed by atoms with Crippen molar-refractivity contribution in [2.75, 3.05) is 53.9 Å². The van der Waals surface area contributed by atoms with Crippen LogP contribution in [0, 0.1) is 11.3 Å². The second kappa shape index (κ2) is 10.3. The zero-order valence-electron chi connectivity index (χ0n) is 22.3. The van der Waals surface area contributed by atoms with Gasteiger partial charge < -0.3 is 10.2 Å². The standard InChI is InChI=1S/C27H33F3N6O2S2/c1-31-25-32-23(22-12-21(13-27(28,29)30)39-24(22)33-25)36-11-9-26(17-36)8-10-35(16-26)14-18-4-6-20(7-5-18)34-40(37,38)15-19-2-3-19/h4-7,12,19,34H,2-3,8-11,13-17H2,1H3,(H,31,32,33). The number of nitrogens with zero attached hydrogens (tertiary/aromatic N) is 4. The first-order valence-electron chi connectivity index (χ1n) is 13.6. The number of nitrogens with one attached hydrogen (secondary N) is 2. The molecule has 0 amide bonds. The highest BCUT2D eigenvalue weighted by molar-refractivity contribution is 7.92. The van der Waals surface area contributed by atoms with Gasteiger partial charge in [-0.25, -0.2) is 13.4 Å². The molecule has 8 nitrogen and oxygen atoms in total. The van der Waals surface area contributed by atoms with Crippen LogP contribution in [0.25, 0.3) is 10.2 Å². The summed E-state index contributed by atoms with van der Waals surface area (Å²) < 4.78 is 66.4. The molecule has 0 bridgehead atoms. The lowest BCUT2D eigenvalue weighted by Crippen LogP contribution is -2.31. The Kier molecular flexibility index (Phi) is 7.10. The number of rotatable bonds is 9. The van der Waals surface area contributed by atoms with E-state index in [-0.39, 0.29) is 16.0 Å². The smallest absolute Gasteiger partial charge is 0.357 e. The van der Waals surface area contributed by atoms with Crippen LogP contribution in [0.5, 0.6) is 0 Å². The lowest BCUT2D eigenvalue weighted by Gasteiger charge is -2.25. The minimum absolute atomic E-state index is 0.0975. The van der Waals surface area contributed by atoms with Crippen LogP contribution in [-0.4, -0.2) is 68.4 Å². The number of aromatic nitrogens is 2. The molecule has 0 radical (unpaired) electrons. The van der Waals surface area contributed by atoms with E-state index < -0.39 is 22.6 Å². The van der Waals surface area contributed by atoms with Crippen molar-refractivity contribution < 1.29 is 21.6 Å². The van der Waals surface area contributed by atoms with Crippen molar-refractivity contribution in [3.63, 3.8) is 0 Å². The van der Waals surface area contributed by atoms with Gasteiger partial charge >= 0.3 is 6.18 Å². The number of alkyl halides is 3. The zero-order valence-corrected chi connectivity index (χ0v) is 23.9. The Morgan fingerprint density at radius 2 is 1.85 bits per heavy atom. The van der Waals surface area contributed by atoms with Crippen molar-refractivity contribution in [2.45, 2.75) is 44.8 Å². The normalized spacial score (nSPS) is 22.1. The monoisotopic (exact) mass is 594 g/mol. The van der Waals surface area contributed by atoms with Gasteiger partial charge in [-0.3, -0.25) is 9.62 Å². The summed E-state index contributed by atoms with van der Waals surface area (Å²) in [6.45, 7) is 4.26. The van der Waals surface area contributed by atoms with E-state index in [1.807, 2.05) is 24.3 Å². The number of likely N-dealkylation sites (tertiary alicyclic amines) is 1. The molecule has 1 aromatic carbocycles. The van der Waals surface area contributed by atoms with Gasteiger partial charge in [-0.05, 0) is 61.9 Å². The topological polar surface area (TPSA) is 90.5 Å². The van der Waals surface area contributed by atoms with Gasteiger partial charge in [-0.1, -0.05) is 12.1 Å². The predicted octanol–water partition coefficient (Wildman–Crippen LogP) is 5.09. The van der Waals surface area contributed by atoms with E-state index in [0.717, 1.165) is 75.3 Å². The summed E-state index contributed by atoms with van der Waals surface area (Å²) in [5.74, 6) is 1.61. The first kappa shape index (κ1) is 27.5. The third kappa shape index (κ3) is 6.31. The lowest BCUT2D eigenvalue weighted by atomic mass is 9.86. The summed E-state index contributed by atoms with van der Waals surface area (Å²) in [6, 6.07) is 9.22. The number of anilines is 3. The molecule has 13 heteroatoms. The fourth-order valence-corrected chi connectivity index (χ4v) is 8.54. The molecule has 1 aliphatic carbocycles. The van der Waals surface area contributed by atoms with E-state index in [0.29, 0.717) is 33.6 Å². The highest BCUT2D eigenvalue weighted by Crippen LogP contribution is 2.44. The van der Waals surface area contributed by atoms with Gasteiger partial charge in [-0.15, -0.1) is 11.3 Å². The summed E-state index contributed by atoms with van der Waals surface area (Å²) in [5, 5.41) is 3.64. The minimum Gasteiger partial charge on any atom is -0.357 e. The first-order chi connectivity index (χ1) is 19.0. The van der Waals surface area contributed by atoms with Crippen LogP contribution >= 0.6 is 11.3 Å². The molecule has 3 fully saturated rings. The second-order valence-corrected chi connectivity index (χ2v) is 14.4. The molecule has 4 heterocycles. The van der Waals surface area contributed by atoms with Crippen molar-refractivity contribution >= 4 is 49.0 Å². The summed E-state index contributed by atoms with van der Waals surface area (Å²) in [7, 11) is -1.59. The highest BCUT2D eigenvalue weighted by Gasteiger charge is 2.44. The molecule has 1 saturated carbocycles. The molecule has 2 aliphatic heterocycles. The quantitative estimate of drug-likeness (QED) is 0.357. The molecule has 40 heavy (non-hydrogen) atoms. The Labute approximate surface area is 236 Å². The number of hydrogen-bond acceptors (Lipinski definition) is 8. The fraction of sp³-hybridized carbons (Fsp3) is 0.556. The average Bonchev–Trinajstić information content (AvgIpc) is 3.27. The zero-order chi connectivity index (χ0) is 28.1. The molecule has 2 N–H and O–H groups in total.